The predicted molar refractivity (Wildman–Crippen MR) is 153 cm³/mol. The number of nitrogens with zero attached hydrogens (tertiary/aromatic N) is 1. The number of nitrogens with one attached hydrogen (secondary N) is 1. The molecule has 0 bridgehead atoms. The number of anilines is 1. The maximum absolute atomic E-state index is 13.6. The average molecular weight is 503 g/mol. The predicted octanol–water partition coefficient (Wildman–Crippen LogP) is 8.21. The van der Waals surface area contributed by atoms with Gasteiger partial charge < -0.3 is 19.7 Å². The second-order valence-corrected chi connectivity index (χ2v) is 10.6. The fraction of sp³-hybridized carbons (Fsp3) is 0.406. The molecule has 5 nitrogen and oxygen atoms in total. The minimum atomic E-state index is -0.0907. The number of amides is 2. The molecule has 0 aliphatic heterocycles. The Morgan fingerprint density at radius 3 is 2.03 bits per heavy atom. The highest BCUT2D eigenvalue weighted by atomic mass is 16.5. The van der Waals surface area contributed by atoms with Crippen LogP contribution < -0.4 is 14.8 Å². The van der Waals surface area contributed by atoms with Crippen molar-refractivity contribution in [1.82, 2.24) is 4.90 Å². The van der Waals surface area contributed by atoms with E-state index in [-0.39, 0.29) is 6.03 Å². The SMILES string of the molecule is COc1cc(CN(CC(C)C)C(=O)Nc2c(C(C)C)cccc2C(C)C)ccc1OCc1ccccc1. The van der Waals surface area contributed by atoms with Gasteiger partial charge in [-0.2, -0.15) is 0 Å². The summed E-state index contributed by atoms with van der Waals surface area (Å²) in [5.74, 6) is 2.28. The highest BCUT2D eigenvalue weighted by Gasteiger charge is 2.21. The molecule has 0 aromatic heterocycles. The summed E-state index contributed by atoms with van der Waals surface area (Å²) in [6, 6.07) is 22.2. The number of methoxy groups -OCH3 is 1. The Morgan fingerprint density at radius 2 is 1.46 bits per heavy atom. The van der Waals surface area contributed by atoms with E-state index in [1.807, 2.05) is 53.4 Å². The minimum absolute atomic E-state index is 0.0907. The first-order valence-corrected chi connectivity index (χ1v) is 13.2. The van der Waals surface area contributed by atoms with E-state index < -0.39 is 0 Å². The van der Waals surface area contributed by atoms with E-state index >= 15 is 0 Å². The molecule has 3 aromatic carbocycles. The van der Waals surface area contributed by atoms with Crippen molar-refractivity contribution >= 4 is 11.7 Å². The number of carbonyl (C=O) groups excluding carboxylic acids is 1. The van der Waals surface area contributed by atoms with E-state index in [2.05, 4.69) is 65.1 Å². The van der Waals surface area contributed by atoms with Crippen molar-refractivity contribution in [3.63, 3.8) is 0 Å². The van der Waals surface area contributed by atoms with Gasteiger partial charge in [-0.05, 0) is 52.1 Å². The smallest absolute Gasteiger partial charge is 0.322 e. The van der Waals surface area contributed by atoms with Gasteiger partial charge in [-0.25, -0.2) is 4.79 Å². The van der Waals surface area contributed by atoms with Crippen LogP contribution in [0.15, 0.2) is 66.7 Å². The third-order valence-electron chi connectivity index (χ3n) is 6.32. The van der Waals surface area contributed by atoms with Gasteiger partial charge in [0.1, 0.15) is 6.61 Å². The number of ether oxygens (including phenoxy) is 2. The van der Waals surface area contributed by atoms with Crippen LogP contribution in [0.2, 0.25) is 0 Å². The lowest BCUT2D eigenvalue weighted by Gasteiger charge is -2.28. The molecule has 5 heteroatoms. The normalized spacial score (nSPS) is 11.2. The first-order chi connectivity index (χ1) is 17.7. The Balaban J connectivity index is 1.81. The molecule has 0 heterocycles. The summed E-state index contributed by atoms with van der Waals surface area (Å²) in [5.41, 5.74) is 5.33. The van der Waals surface area contributed by atoms with Gasteiger partial charge in [-0.1, -0.05) is 96.1 Å². The number of urea groups is 1. The first kappa shape index (κ1) is 28.1. The lowest BCUT2D eigenvalue weighted by atomic mass is 9.93. The average Bonchev–Trinajstić information content (AvgIpc) is 2.87. The maximum atomic E-state index is 13.6. The molecular formula is C32H42N2O3. The van der Waals surface area contributed by atoms with Gasteiger partial charge in [0.25, 0.3) is 0 Å². The van der Waals surface area contributed by atoms with Crippen LogP contribution in [-0.2, 0) is 13.2 Å². The molecule has 0 atom stereocenters. The number of carbonyl (C=O) groups is 1. The molecule has 0 saturated heterocycles. The number of hydrogen-bond acceptors (Lipinski definition) is 3. The molecule has 2 amide bonds. The monoisotopic (exact) mass is 502 g/mol. The fourth-order valence-corrected chi connectivity index (χ4v) is 4.43. The highest BCUT2D eigenvalue weighted by Crippen LogP contribution is 2.33. The molecule has 0 saturated carbocycles. The van der Waals surface area contributed by atoms with Crippen molar-refractivity contribution in [1.29, 1.82) is 0 Å². The van der Waals surface area contributed by atoms with Crippen molar-refractivity contribution in [3.8, 4) is 11.5 Å². The molecule has 37 heavy (non-hydrogen) atoms. The molecule has 1 N–H and O–H groups in total. The lowest BCUT2D eigenvalue weighted by molar-refractivity contribution is 0.201. The molecule has 0 spiro atoms. The molecule has 3 aromatic rings. The van der Waals surface area contributed by atoms with Gasteiger partial charge in [-0.3, -0.25) is 0 Å². The van der Waals surface area contributed by atoms with Crippen molar-refractivity contribution in [2.24, 2.45) is 5.92 Å². The van der Waals surface area contributed by atoms with Crippen molar-refractivity contribution in [2.45, 2.75) is 66.5 Å². The Kier molecular flexibility index (Phi) is 10.0. The molecular weight excluding hydrogens is 460 g/mol. The summed E-state index contributed by atoms with van der Waals surface area (Å²) in [7, 11) is 1.64. The Hall–Kier alpha value is -3.47. The van der Waals surface area contributed by atoms with E-state index in [1.165, 1.54) is 0 Å². The Bertz CT molecular complexity index is 1130. The minimum Gasteiger partial charge on any atom is -0.493 e. The summed E-state index contributed by atoms with van der Waals surface area (Å²) in [4.78, 5) is 15.5. The summed E-state index contributed by atoms with van der Waals surface area (Å²) < 4.78 is 11.7. The molecule has 198 valence electrons. The van der Waals surface area contributed by atoms with E-state index in [1.54, 1.807) is 7.11 Å². The van der Waals surface area contributed by atoms with Crippen LogP contribution in [-0.4, -0.2) is 24.6 Å². The largest absolute Gasteiger partial charge is 0.493 e. The zero-order valence-corrected chi connectivity index (χ0v) is 23.4. The highest BCUT2D eigenvalue weighted by molar-refractivity contribution is 5.91. The van der Waals surface area contributed by atoms with Crippen LogP contribution in [0, 0.1) is 5.92 Å². The van der Waals surface area contributed by atoms with E-state index in [4.69, 9.17) is 9.47 Å². The van der Waals surface area contributed by atoms with E-state index in [0.717, 1.165) is 27.9 Å². The van der Waals surface area contributed by atoms with Gasteiger partial charge in [0, 0.05) is 18.8 Å². The lowest BCUT2D eigenvalue weighted by Crippen LogP contribution is -2.37. The quantitative estimate of drug-likeness (QED) is 0.287. The molecule has 0 unspecified atom stereocenters. The first-order valence-electron chi connectivity index (χ1n) is 13.2. The van der Waals surface area contributed by atoms with Gasteiger partial charge >= 0.3 is 6.03 Å². The topological polar surface area (TPSA) is 50.8 Å². The summed E-state index contributed by atoms with van der Waals surface area (Å²) >= 11 is 0. The second-order valence-electron chi connectivity index (χ2n) is 10.6. The summed E-state index contributed by atoms with van der Waals surface area (Å²) in [5, 5.41) is 3.28. The zero-order valence-electron chi connectivity index (χ0n) is 23.4. The summed E-state index contributed by atoms with van der Waals surface area (Å²) in [6.45, 7) is 14.5. The van der Waals surface area contributed by atoms with Crippen molar-refractivity contribution < 1.29 is 14.3 Å². The van der Waals surface area contributed by atoms with Crippen LogP contribution >= 0.6 is 0 Å². The molecule has 0 fully saturated rings. The van der Waals surface area contributed by atoms with Crippen molar-refractivity contribution in [2.75, 3.05) is 19.0 Å². The van der Waals surface area contributed by atoms with E-state index in [9.17, 15) is 4.79 Å². The Labute approximate surface area is 222 Å². The van der Waals surface area contributed by atoms with Crippen LogP contribution in [0.1, 0.15) is 75.6 Å². The van der Waals surface area contributed by atoms with Crippen LogP contribution in [0.25, 0.3) is 0 Å². The standard InChI is InChI=1S/C32H42N2O3/c1-22(2)19-34(32(35)33-31-27(23(3)4)14-11-15-28(31)24(5)6)20-26-16-17-29(30(18-26)36-7)37-21-25-12-9-8-10-13-25/h8-18,22-24H,19-21H2,1-7H3,(H,33,35). The van der Waals surface area contributed by atoms with E-state index in [0.29, 0.717) is 48.9 Å². The van der Waals surface area contributed by atoms with Crippen LogP contribution in [0.3, 0.4) is 0 Å². The molecule has 0 aliphatic carbocycles. The number of para-hydroxylation sites is 1. The second kappa shape index (κ2) is 13.2. The van der Waals surface area contributed by atoms with Gasteiger partial charge in [-0.15, -0.1) is 0 Å². The third-order valence-corrected chi connectivity index (χ3v) is 6.32. The van der Waals surface area contributed by atoms with Crippen molar-refractivity contribution in [3.05, 3.63) is 89.0 Å². The maximum Gasteiger partial charge on any atom is 0.322 e. The van der Waals surface area contributed by atoms with Gasteiger partial charge in [0.05, 0.1) is 7.11 Å². The number of rotatable bonds is 11. The Morgan fingerprint density at radius 1 is 0.811 bits per heavy atom. The third kappa shape index (κ3) is 7.75. The summed E-state index contributed by atoms with van der Waals surface area (Å²) in [6.07, 6.45) is 0. The molecule has 0 radical (unpaired) electrons. The number of benzene rings is 3. The van der Waals surface area contributed by atoms with Crippen LogP contribution in [0.4, 0.5) is 10.5 Å². The molecule has 0 aliphatic rings. The van der Waals surface area contributed by atoms with Crippen LogP contribution in [0.5, 0.6) is 11.5 Å². The molecule has 3 rings (SSSR count). The van der Waals surface area contributed by atoms with Gasteiger partial charge in [0.2, 0.25) is 0 Å². The fourth-order valence-electron chi connectivity index (χ4n) is 4.43. The van der Waals surface area contributed by atoms with Gasteiger partial charge in [0.15, 0.2) is 11.5 Å². The number of hydrogen-bond donors (Lipinski definition) is 1. The zero-order chi connectivity index (χ0) is 26.9.